The van der Waals surface area contributed by atoms with Gasteiger partial charge in [0.1, 0.15) is 0 Å². The number of aromatic nitrogens is 1. The van der Waals surface area contributed by atoms with E-state index in [9.17, 15) is 14.9 Å². The number of hydrogen-bond acceptors (Lipinski definition) is 4. The lowest BCUT2D eigenvalue weighted by molar-refractivity contribution is -0.384. The van der Waals surface area contributed by atoms with Crippen LogP contribution in [-0.2, 0) is 0 Å². The Balaban J connectivity index is 2.14. The zero-order valence-electron chi connectivity index (χ0n) is 10.7. The van der Waals surface area contributed by atoms with Crippen molar-refractivity contribution in [1.82, 2.24) is 4.98 Å². The van der Waals surface area contributed by atoms with Gasteiger partial charge >= 0.3 is 0 Å². The van der Waals surface area contributed by atoms with Gasteiger partial charge in [0.25, 0.3) is 5.69 Å². The number of nitrogens with zero attached hydrogens (tertiary/aromatic N) is 2. The summed E-state index contributed by atoms with van der Waals surface area (Å²) in [7, 11) is 0. The standard InChI is InChI=1S/C16H8N2O3/c19-16-12-3-1-2-9-6-7-17-15(14(9)12)11-5-4-10(18(20)21)8-13(11)16/h1-8H. The summed E-state index contributed by atoms with van der Waals surface area (Å²) >= 11 is 0. The molecule has 0 saturated carbocycles. The highest BCUT2D eigenvalue weighted by Crippen LogP contribution is 2.38. The maximum Gasteiger partial charge on any atom is 0.270 e. The van der Waals surface area contributed by atoms with Crippen molar-refractivity contribution in [2.24, 2.45) is 0 Å². The first-order chi connectivity index (χ1) is 10.2. The van der Waals surface area contributed by atoms with Gasteiger partial charge < -0.3 is 0 Å². The highest BCUT2D eigenvalue weighted by Gasteiger charge is 2.27. The van der Waals surface area contributed by atoms with E-state index in [0.29, 0.717) is 22.4 Å². The highest BCUT2D eigenvalue weighted by atomic mass is 16.6. The summed E-state index contributed by atoms with van der Waals surface area (Å²) in [4.78, 5) is 27.4. The van der Waals surface area contributed by atoms with Crippen molar-refractivity contribution in [3.8, 4) is 11.3 Å². The van der Waals surface area contributed by atoms with Crippen molar-refractivity contribution in [2.75, 3.05) is 0 Å². The molecule has 0 radical (unpaired) electrons. The van der Waals surface area contributed by atoms with Crippen molar-refractivity contribution < 1.29 is 9.72 Å². The van der Waals surface area contributed by atoms with E-state index >= 15 is 0 Å². The summed E-state index contributed by atoms with van der Waals surface area (Å²) in [6.07, 6.45) is 1.68. The van der Waals surface area contributed by atoms with Gasteiger partial charge in [0.05, 0.1) is 10.6 Å². The molecule has 1 heterocycles. The van der Waals surface area contributed by atoms with Crippen LogP contribution in [-0.4, -0.2) is 15.7 Å². The lowest BCUT2D eigenvalue weighted by Gasteiger charge is -2.18. The number of non-ortho nitro benzene ring substituents is 1. The lowest BCUT2D eigenvalue weighted by atomic mass is 9.85. The third-order valence-corrected chi connectivity index (χ3v) is 3.75. The maximum absolute atomic E-state index is 12.6. The number of ketones is 1. The quantitative estimate of drug-likeness (QED) is 0.394. The average molecular weight is 276 g/mol. The number of nitro benzene ring substituents is 1. The first-order valence-electron chi connectivity index (χ1n) is 6.38. The Morgan fingerprint density at radius 3 is 2.67 bits per heavy atom. The molecule has 0 unspecified atom stereocenters. The van der Waals surface area contributed by atoms with Gasteiger partial charge in [0.15, 0.2) is 5.78 Å². The molecule has 21 heavy (non-hydrogen) atoms. The third kappa shape index (κ3) is 1.51. The molecule has 0 atom stereocenters. The number of carbonyl (C=O) groups is 1. The summed E-state index contributed by atoms with van der Waals surface area (Å²) in [6.45, 7) is 0. The van der Waals surface area contributed by atoms with E-state index in [-0.39, 0.29) is 11.5 Å². The highest BCUT2D eigenvalue weighted by molar-refractivity contribution is 6.25. The third-order valence-electron chi connectivity index (χ3n) is 3.75. The molecule has 0 N–H and O–H groups in total. The minimum atomic E-state index is -0.498. The molecule has 0 amide bonds. The Bertz CT molecular complexity index is 942. The summed E-state index contributed by atoms with van der Waals surface area (Å²) in [5, 5.41) is 12.7. The number of hydrogen-bond donors (Lipinski definition) is 0. The number of fused-ring (bicyclic) bond motifs is 2. The van der Waals surface area contributed by atoms with E-state index in [1.165, 1.54) is 12.1 Å². The van der Waals surface area contributed by atoms with E-state index in [1.807, 2.05) is 18.2 Å². The van der Waals surface area contributed by atoms with Gasteiger partial charge in [-0.1, -0.05) is 18.2 Å². The van der Waals surface area contributed by atoms with Gasteiger partial charge in [-0.05, 0) is 17.5 Å². The molecule has 0 fully saturated rings. The van der Waals surface area contributed by atoms with Crippen LogP contribution in [0.3, 0.4) is 0 Å². The Hall–Kier alpha value is -3.08. The largest absolute Gasteiger partial charge is 0.289 e. The predicted octanol–water partition coefficient (Wildman–Crippen LogP) is 3.35. The molecule has 100 valence electrons. The Morgan fingerprint density at radius 2 is 1.86 bits per heavy atom. The molecule has 3 aromatic rings. The van der Waals surface area contributed by atoms with Crippen LogP contribution < -0.4 is 0 Å². The van der Waals surface area contributed by atoms with Gasteiger partial charge in [0.2, 0.25) is 0 Å². The van der Waals surface area contributed by atoms with E-state index < -0.39 is 4.92 Å². The molecule has 1 aliphatic carbocycles. The van der Waals surface area contributed by atoms with Crippen molar-refractivity contribution in [3.05, 3.63) is 69.9 Å². The molecule has 2 aromatic carbocycles. The van der Waals surface area contributed by atoms with E-state index in [2.05, 4.69) is 4.98 Å². The second-order valence-electron chi connectivity index (χ2n) is 4.88. The summed E-state index contributed by atoms with van der Waals surface area (Å²) in [5.74, 6) is -0.195. The normalized spacial score (nSPS) is 12.3. The number of pyridine rings is 1. The Labute approximate surface area is 119 Å². The fourth-order valence-corrected chi connectivity index (χ4v) is 2.81. The molecule has 0 spiro atoms. The van der Waals surface area contributed by atoms with Crippen LogP contribution in [0.1, 0.15) is 15.9 Å². The van der Waals surface area contributed by atoms with Crippen molar-refractivity contribution >= 4 is 22.2 Å². The first kappa shape index (κ1) is 11.7. The molecule has 0 aliphatic heterocycles. The zero-order chi connectivity index (χ0) is 14.6. The molecule has 0 saturated heterocycles. The molecular weight excluding hydrogens is 268 g/mol. The van der Waals surface area contributed by atoms with Gasteiger partial charge in [-0.15, -0.1) is 0 Å². The lowest BCUT2D eigenvalue weighted by Crippen LogP contribution is -2.11. The molecule has 1 aliphatic rings. The number of rotatable bonds is 1. The smallest absolute Gasteiger partial charge is 0.270 e. The molecular formula is C16H8N2O3. The zero-order valence-corrected chi connectivity index (χ0v) is 10.7. The summed E-state index contributed by atoms with van der Waals surface area (Å²) in [5.41, 5.74) is 2.14. The molecule has 5 heteroatoms. The molecule has 0 bridgehead atoms. The van der Waals surface area contributed by atoms with Crippen molar-refractivity contribution in [3.63, 3.8) is 0 Å². The Morgan fingerprint density at radius 1 is 1.00 bits per heavy atom. The number of nitro groups is 1. The average Bonchev–Trinajstić information content (AvgIpc) is 2.51. The first-order valence-corrected chi connectivity index (χ1v) is 6.38. The Kier molecular flexibility index (Phi) is 2.21. The number of benzene rings is 2. The molecule has 4 rings (SSSR count). The minimum Gasteiger partial charge on any atom is -0.289 e. The molecule has 5 nitrogen and oxygen atoms in total. The van der Waals surface area contributed by atoms with Crippen LogP contribution in [0, 0.1) is 10.1 Å². The topological polar surface area (TPSA) is 73.1 Å². The van der Waals surface area contributed by atoms with Gasteiger partial charge in [-0.2, -0.15) is 0 Å². The summed E-state index contributed by atoms with van der Waals surface area (Å²) in [6, 6.07) is 11.6. The number of carbonyl (C=O) groups excluding carboxylic acids is 1. The van der Waals surface area contributed by atoms with Crippen LogP contribution in [0.5, 0.6) is 0 Å². The minimum absolute atomic E-state index is 0.0892. The van der Waals surface area contributed by atoms with Crippen LogP contribution in [0.15, 0.2) is 48.7 Å². The second kappa shape index (κ2) is 3.96. The predicted molar refractivity (Wildman–Crippen MR) is 77.3 cm³/mol. The van der Waals surface area contributed by atoms with Crippen LogP contribution in [0.4, 0.5) is 5.69 Å². The van der Waals surface area contributed by atoms with Crippen LogP contribution in [0.2, 0.25) is 0 Å². The van der Waals surface area contributed by atoms with Gasteiger partial charge in [-0.25, -0.2) is 0 Å². The van der Waals surface area contributed by atoms with Crippen molar-refractivity contribution in [1.29, 1.82) is 0 Å². The van der Waals surface area contributed by atoms with Crippen LogP contribution >= 0.6 is 0 Å². The SMILES string of the molecule is O=C1c2cc([N+](=O)[O-])ccc2-c2nccc3cccc1c23. The monoisotopic (exact) mass is 276 g/mol. The fraction of sp³-hybridized carbons (Fsp3) is 0. The maximum atomic E-state index is 12.6. The van der Waals surface area contributed by atoms with Gasteiger partial charge in [0, 0.05) is 40.4 Å². The molecule has 1 aromatic heterocycles. The fourth-order valence-electron chi connectivity index (χ4n) is 2.81. The van der Waals surface area contributed by atoms with Gasteiger partial charge in [-0.3, -0.25) is 19.9 Å². The van der Waals surface area contributed by atoms with Crippen molar-refractivity contribution in [2.45, 2.75) is 0 Å². The van der Waals surface area contributed by atoms with E-state index in [1.54, 1.807) is 18.3 Å². The summed E-state index contributed by atoms with van der Waals surface area (Å²) < 4.78 is 0. The van der Waals surface area contributed by atoms with E-state index in [4.69, 9.17) is 0 Å². The van der Waals surface area contributed by atoms with Crippen LogP contribution in [0.25, 0.3) is 22.0 Å². The second-order valence-corrected chi connectivity index (χ2v) is 4.88. The van der Waals surface area contributed by atoms with E-state index in [0.717, 1.165) is 10.8 Å².